The second kappa shape index (κ2) is 5.76. The molecule has 22 heavy (non-hydrogen) atoms. The highest BCUT2D eigenvalue weighted by Crippen LogP contribution is 2.39. The number of piperidine rings is 1. The number of carbonyl (C=O) groups is 1. The van der Waals surface area contributed by atoms with Gasteiger partial charge in [-0.05, 0) is 45.4 Å². The first kappa shape index (κ1) is 16.2. The normalized spacial score (nSPS) is 30.0. The van der Waals surface area contributed by atoms with Crippen LogP contribution >= 0.6 is 0 Å². The summed E-state index contributed by atoms with van der Waals surface area (Å²) in [6, 6.07) is 0.0285. The molecular weight excluding hydrogens is 304 g/mol. The average Bonchev–Trinajstić information content (AvgIpc) is 3.33. The minimum absolute atomic E-state index is 0.0285. The van der Waals surface area contributed by atoms with Gasteiger partial charge >= 0.3 is 0 Å². The molecule has 2 aliphatic heterocycles. The van der Waals surface area contributed by atoms with Crippen LogP contribution in [0.4, 0.5) is 0 Å². The molecule has 0 N–H and O–H groups in total. The van der Waals surface area contributed by atoms with Crippen molar-refractivity contribution >= 4 is 15.9 Å². The lowest BCUT2D eigenvalue weighted by Gasteiger charge is -2.51. The van der Waals surface area contributed by atoms with Gasteiger partial charge in [-0.15, -0.1) is 0 Å². The third-order valence-corrected chi connectivity index (χ3v) is 7.39. The van der Waals surface area contributed by atoms with E-state index in [0.717, 1.165) is 6.54 Å². The zero-order chi connectivity index (χ0) is 16.0. The van der Waals surface area contributed by atoms with Gasteiger partial charge in [0.2, 0.25) is 15.9 Å². The van der Waals surface area contributed by atoms with Crippen molar-refractivity contribution in [2.75, 3.05) is 32.0 Å². The second-order valence-corrected chi connectivity index (χ2v) is 9.08. The van der Waals surface area contributed by atoms with Crippen LogP contribution in [0.5, 0.6) is 0 Å². The first-order chi connectivity index (χ1) is 10.4. The van der Waals surface area contributed by atoms with Gasteiger partial charge < -0.3 is 9.64 Å². The van der Waals surface area contributed by atoms with Crippen molar-refractivity contribution in [2.24, 2.45) is 5.92 Å². The third kappa shape index (κ3) is 2.90. The lowest BCUT2D eigenvalue weighted by atomic mass is 9.83. The van der Waals surface area contributed by atoms with Crippen molar-refractivity contribution in [3.63, 3.8) is 0 Å². The first-order valence-electron chi connectivity index (χ1n) is 8.29. The molecule has 6 nitrogen and oxygen atoms in total. The number of hydrogen-bond donors (Lipinski definition) is 0. The van der Waals surface area contributed by atoms with Gasteiger partial charge in [0, 0.05) is 19.6 Å². The zero-order valence-corrected chi connectivity index (χ0v) is 14.3. The van der Waals surface area contributed by atoms with Crippen LogP contribution in [0, 0.1) is 5.92 Å². The van der Waals surface area contributed by atoms with Crippen molar-refractivity contribution < 1.29 is 17.9 Å². The van der Waals surface area contributed by atoms with E-state index in [-0.39, 0.29) is 29.9 Å². The van der Waals surface area contributed by atoms with E-state index in [2.05, 4.69) is 6.92 Å². The second-order valence-electron chi connectivity index (χ2n) is 6.82. The Hall–Kier alpha value is -0.660. The fraction of sp³-hybridized carbons (Fsp3) is 0.933. The molecule has 0 aromatic carbocycles. The van der Waals surface area contributed by atoms with E-state index < -0.39 is 10.0 Å². The predicted molar refractivity (Wildman–Crippen MR) is 82.8 cm³/mol. The van der Waals surface area contributed by atoms with E-state index in [1.54, 1.807) is 11.2 Å². The fourth-order valence-corrected chi connectivity index (χ4v) is 4.74. The molecule has 1 saturated carbocycles. The van der Waals surface area contributed by atoms with Crippen LogP contribution in [-0.4, -0.2) is 67.2 Å². The van der Waals surface area contributed by atoms with Crippen LogP contribution in [0.25, 0.3) is 0 Å². The van der Waals surface area contributed by atoms with Crippen LogP contribution in [0.2, 0.25) is 0 Å². The molecule has 3 rings (SSSR count). The maximum Gasteiger partial charge on any atom is 0.248 e. The molecule has 1 spiro atoms. The Morgan fingerprint density at radius 1 is 1.27 bits per heavy atom. The quantitative estimate of drug-likeness (QED) is 0.766. The highest BCUT2D eigenvalue weighted by Gasteiger charge is 2.49. The molecule has 1 aliphatic carbocycles. The lowest BCUT2D eigenvalue weighted by molar-refractivity contribution is -0.184. The molecule has 0 bridgehead atoms. The third-order valence-electron chi connectivity index (χ3n) is 5.51. The largest absolute Gasteiger partial charge is 0.363 e. The van der Waals surface area contributed by atoms with Crippen LogP contribution in [0.15, 0.2) is 0 Å². The van der Waals surface area contributed by atoms with E-state index in [1.807, 2.05) is 4.90 Å². The van der Waals surface area contributed by atoms with E-state index in [9.17, 15) is 13.2 Å². The summed E-state index contributed by atoms with van der Waals surface area (Å²) in [5.41, 5.74) is -0.372. The Labute approximate surface area is 132 Å². The number of hydrogen-bond acceptors (Lipinski definition) is 4. The van der Waals surface area contributed by atoms with Crippen LogP contribution in [-0.2, 0) is 19.6 Å². The Morgan fingerprint density at radius 2 is 1.91 bits per heavy atom. The van der Waals surface area contributed by atoms with Gasteiger partial charge in [0.1, 0.15) is 6.61 Å². The highest BCUT2D eigenvalue weighted by molar-refractivity contribution is 7.89. The molecule has 7 heteroatoms. The summed E-state index contributed by atoms with van der Waals surface area (Å²) in [4.78, 5) is 14.1. The lowest BCUT2D eigenvalue weighted by Crippen LogP contribution is -2.64. The van der Waals surface area contributed by atoms with Crippen molar-refractivity contribution in [1.29, 1.82) is 0 Å². The van der Waals surface area contributed by atoms with Crippen LogP contribution < -0.4 is 0 Å². The molecule has 0 radical (unpaired) electrons. The number of amides is 1. The Morgan fingerprint density at radius 3 is 2.45 bits per heavy atom. The maximum absolute atomic E-state index is 12.2. The van der Waals surface area contributed by atoms with E-state index >= 15 is 0 Å². The van der Waals surface area contributed by atoms with Gasteiger partial charge in [0.25, 0.3) is 0 Å². The molecule has 2 saturated heterocycles. The van der Waals surface area contributed by atoms with Gasteiger partial charge in [0.05, 0.1) is 17.4 Å². The molecule has 126 valence electrons. The monoisotopic (exact) mass is 330 g/mol. The molecule has 0 aromatic heterocycles. The van der Waals surface area contributed by atoms with Crippen LogP contribution in [0.3, 0.4) is 0 Å². The van der Waals surface area contributed by atoms with Gasteiger partial charge in [-0.3, -0.25) is 4.79 Å². The summed E-state index contributed by atoms with van der Waals surface area (Å²) in [5, 5.41) is 0. The van der Waals surface area contributed by atoms with Crippen LogP contribution in [0.1, 0.15) is 39.5 Å². The summed E-state index contributed by atoms with van der Waals surface area (Å²) in [6.45, 7) is 5.69. The van der Waals surface area contributed by atoms with E-state index in [1.165, 1.54) is 12.8 Å². The number of nitrogens with zero attached hydrogens (tertiary/aromatic N) is 2. The van der Waals surface area contributed by atoms with E-state index in [4.69, 9.17) is 4.74 Å². The number of sulfonamides is 1. The van der Waals surface area contributed by atoms with Crippen molar-refractivity contribution in [2.45, 2.75) is 51.2 Å². The van der Waals surface area contributed by atoms with Gasteiger partial charge in [-0.2, -0.15) is 0 Å². The molecular formula is C15H26N2O4S. The topological polar surface area (TPSA) is 66.9 Å². The highest BCUT2D eigenvalue weighted by atomic mass is 32.2. The molecule has 1 amide bonds. The maximum atomic E-state index is 12.2. The molecule has 0 unspecified atom stereocenters. The zero-order valence-electron chi connectivity index (χ0n) is 13.5. The molecule has 3 aliphatic rings. The summed E-state index contributed by atoms with van der Waals surface area (Å²) < 4.78 is 31.5. The Balaban J connectivity index is 1.70. The molecule has 3 fully saturated rings. The van der Waals surface area contributed by atoms with Crippen molar-refractivity contribution in [3.05, 3.63) is 0 Å². The summed E-state index contributed by atoms with van der Waals surface area (Å²) >= 11 is 0. The summed E-state index contributed by atoms with van der Waals surface area (Å²) in [7, 11) is -3.13. The Bertz CT molecular complexity index is 536. The summed E-state index contributed by atoms with van der Waals surface area (Å²) in [5.74, 6) is 0.874. The molecule has 2 heterocycles. The number of ether oxygens (including phenoxy) is 1. The summed E-state index contributed by atoms with van der Waals surface area (Å²) in [6.07, 6.45) is 3.77. The number of rotatable bonds is 4. The first-order valence-corrected chi connectivity index (χ1v) is 9.90. The molecule has 0 aromatic rings. The minimum Gasteiger partial charge on any atom is -0.363 e. The smallest absolute Gasteiger partial charge is 0.248 e. The van der Waals surface area contributed by atoms with Gasteiger partial charge in [-0.1, -0.05) is 0 Å². The van der Waals surface area contributed by atoms with Crippen molar-refractivity contribution in [1.82, 2.24) is 9.21 Å². The van der Waals surface area contributed by atoms with Gasteiger partial charge in [-0.25, -0.2) is 12.7 Å². The SMILES string of the molecule is CCS(=O)(=O)N1CCC2(CC1)OCC(=O)N(CC1CC1)[C@@H]2C. The Kier molecular flexibility index (Phi) is 4.24. The van der Waals surface area contributed by atoms with E-state index in [0.29, 0.717) is 31.8 Å². The number of morpholine rings is 1. The van der Waals surface area contributed by atoms with Crippen molar-refractivity contribution in [3.8, 4) is 0 Å². The predicted octanol–water partition coefficient (Wildman–Crippen LogP) is 0.828. The average molecular weight is 330 g/mol. The fourth-order valence-electron chi connectivity index (χ4n) is 3.64. The standard InChI is InChI=1S/C15H26N2O4S/c1-3-22(19,20)16-8-6-15(7-9-16)12(2)17(10-13-4-5-13)14(18)11-21-15/h12-13H,3-11H2,1-2H3/t12-/m1/s1. The number of carbonyl (C=O) groups excluding carboxylic acids is 1. The minimum atomic E-state index is -3.13. The molecule has 1 atom stereocenters. The van der Waals surface area contributed by atoms with Gasteiger partial charge in [0.15, 0.2) is 0 Å².